The molecule has 0 saturated carbocycles. The molecular weight excluding hydrogens is 396 g/mol. The second kappa shape index (κ2) is 8.11. The summed E-state index contributed by atoms with van der Waals surface area (Å²) in [5, 5.41) is 5.14. The fourth-order valence-electron chi connectivity index (χ4n) is 1.96. The molecule has 0 aliphatic heterocycles. The highest BCUT2D eigenvalue weighted by Gasteiger charge is 2.23. The van der Waals surface area contributed by atoms with Crippen LogP contribution in [0.25, 0.3) is 0 Å². The Bertz CT molecular complexity index is 711. The Morgan fingerprint density at radius 2 is 1.88 bits per heavy atom. The molecule has 6 nitrogen and oxygen atoms in total. The molecule has 1 atom stereocenters. The predicted molar refractivity (Wildman–Crippen MR) is 97.1 cm³/mol. The summed E-state index contributed by atoms with van der Waals surface area (Å²) in [5.41, 5.74) is 0.166. The summed E-state index contributed by atoms with van der Waals surface area (Å²) >= 11 is 3.27. The Morgan fingerprint density at radius 1 is 1.25 bits per heavy atom. The lowest BCUT2D eigenvalue weighted by atomic mass is 10.1. The van der Waals surface area contributed by atoms with Crippen molar-refractivity contribution in [3.8, 4) is 0 Å². The molecule has 2 N–H and O–H groups in total. The van der Waals surface area contributed by atoms with Crippen LogP contribution in [0.15, 0.2) is 28.7 Å². The minimum atomic E-state index is -3.62. The van der Waals surface area contributed by atoms with Crippen LogP contribution in [0.3, 0.4) is 0 Å². The zero-order valence-electron chi connectivity index (χ0n) is 14.2. The number of hydrogen-bond acceptors (Lipinski definition) is 4. The largest absolute Gasteiger partial charge is 0.350 e. The number of benzene rings is 1. The molecule has 1 aromatic rings. The van der Waals surface area contributed by atoms with Crippen molar-refractivity contribution >= 4 is 37.6 Å². The summed E-state index contributed by atoms with van der Waals surface area (Å²) in [6.07, 6.45) is 0. The molecule has 0 radical (unpaired) electrons. The number of amides is 2. The van der Waals surface area contributed by atoms with Gasteiger partial charge in [0.2, 0.25) is 11.8 Å². The average Bonchev–Trinajstić information content (AvgIpc) is 2.34. The van der Waals surface area contributed by atoms with Crippen LogP contribution in [-0.2, 0) is 25.2 Å². The molecule has 1 rings (SSSR count). The number of carbonyl (C=O) groups is 2. The van der Waals surface area contributed by atoms with Gasteiger partial charge in [0.05, 0.1) is 5.75 Å². The molecule has 0 bridgehead atoms. The van der Waals surface area contributed by atoms with Gasteiger partial charge in [0, 0.05) is 10.0 Å². The second-order valence-corrected chi connectivity index (χ2v) is 9.67. The van der Waals surface area contributed by atoms with Crippen LogP contribution in [0, 0.1) is 0 Å². The van der Waals surface area contributed by atoms with E-state index in [4.69, 9.17) is 0 Å². The molecule has 1 unspecified atom stereocenters. The van der Waals surface area contributed by atoms with Crippen LogP contribution in [0.5, 0.6) is 0 Å². The molecule has 134 valence electrons. The highest BCUT2D eigenvalue weighted by molar-refractivity contribution is 9.10. The van der Waals surface area contributed by atoms with Crippen molar-refractivity contribution in [1.29, 1.82) is 0 Å². The number of hydrogen-bond donors (Lipinski definition) is 2. The molecule has 0 saturated heterocycles. The van der Waals surface area contributed by atoms with Crippen molar-refractivity contribution in [2.24, 2.45) is 0 Å². The van der Waals surface area contributed by atoms with Gasteiger partial charge in [-0.1, -0.05) is 28.1 Å². The van der Waals surface area contributed by atoms with Crippen molar-refractivity contribution in [1.82, 2.24) is 10.6 Å². The van der Waals surface area contributed by atoms with Crippen molar-refractivity contribution in [3.63, 3.8) is 0 Å². The molecule has 0 fully saturated rings. The first kappa shape index (κ1) is 20.6. The smallest absolute Gasteiger partial charge is 0.242 e. The lowest BCUT2D eigenvalue weighted by Gasteiger charge is -2.23. The maximum Gasteiger partial charge on any atom is 0.242 e. The maximum atomic E-state index is 12.1. The molecule has 2 amide bonds. The van der Waals surface area contributed by atoms with E-state index < -0.39 is 33.1 Å². The van der Waals surface area contributed by atoms with Gasteiger partial charge in [-0.15, -0.1) is 0 Å². The Balaban J connectivity index is 2.61. The molecule has 8 heteroatoms. The van der Waals surface area contributed by atoms with Gasteiger partial charge < -0.3 is 10.6 Å². The second-order valence-electron chi connectivity index (χ2n) is 6.69. The molecule has 0 aromatic heterocycles. The summed E-state index contributed by atoms with van der Waals surface area (Å²) in [4.78, 5) is 23.8. The summed E-state index contributed by atoms with van der Waals surface area (Å²) in [7, 11) is -3.62. The normalized spacial score (nSPS) is 13.2. The van der Waals surface area contributed by atoms with Gasteiger partial charge in [-0.25, -0.2) is 8.42 Å². The summed E-state index contributed by atoms with van der Waals surface area (Å²) in [6.45, 7) is 6.98. The SMILES string of the molecule is CC(NC(=O)CS(=O)(=O)Cc1cccc(Br)c1)C(=O)NC(C)(C)C. The molecule has 0 heterocycles. The van der Waals surface area contributed by atoms with Gasteiger partial charge in [-0.2, -0.15) is 0 Å². The standard InChI is InChI=1S/C16H23BrN2O4S/c1-11(15(21)19-16(2,3)4)18-14(20)10-24(22,23)9-12-6-5-7-13(17)8-12/h5-8,11H,9-10H2,1-4H3,(H,18,20)(H,19,21). The molecule has 0 spiro atoms. The minimum Gasteiger partial charge on any atom is -0.350 e. The molecule has 24 heavy (non-hydrogen) atoms. The highest BCUT2D eigenvalue weighted by Crippen LogP contribution is 2.14. The van der Waals surface area contributed by atoms with Crippen LogP contribution >= 0.6 is 15.9 Å². The third-order valence-corrected chi connectivity index (χ3v) is 4.86. The van der Waals surface area contributed by atoms with Gasteiger partial charge in [0.25, 0.3) is 0 Å². The van der Waals surface area contributed by atoms with Crippen LogP contribution in [-0.4, -0.2) is 37.6 Å². The Morgan fingerprint density at radius 3 is 2.42 bits per heavy atom. The number of carbonyl (C=O) groups excluding carboxylic acids is 2. The lowest BCUT2D eigenvalue weighted by Crippen LogP contribution is -2.51. The molecule has 0 aliphatic rings. The van der Waals surface area contributed by atoms with Crippen molar-refractivity contribution in [3.05, 3.63) is 34.3 Å². The highest BCUT2D eigenvalue weighted by atomic mass is 79.9. The van der Waals surface area contributed by atoms with Gasteiger partial charge >= 0.3 is 0 Å². The van der Waals surface area contributed by atoms with E-state index in [2.05, 4.69) is 26.6 Å². The monoisotopic (exact) mass is 418 g/mol. The first-order chi connectivity index (χ1) is 10.9. The van der Waals surface area contributed by atoms with E-state index in [0.717, 1.165) is 4.47 Å². The Labute approximate surface area is 151 Å². The molecular formula is C16H23BrN2O4S. The number of halogens is 1. The summed E-state index contributed by atoms with van der Waals surface area (Å²) < 4.78 is 25.0. The Kier molecular flexibility index (Phi) is 6.97. The third-order valence-electron chi connectivity index (χ3n) is 2.90. The first-order valence-electron chi connectivity index (χ1n) is 7.44. The van der Waals surface area contributed by atoms with Gasteiger partial charge in [-0.05, 0) is 45.4 Å². The fraction of sp³-hybridized carbons (Fsp3) is 0.500. The predicted octanol–water partition coefficient (Wildman–Crippen LogP) is 1.78. The van der Waals surface area contributed by atoms with Gasteiger partial charge in [0.15, 0.2) is 9.84 Å². The first-order valence-corrected chi connectivity index (χ1v) is 10.1. The van der Waals surface area contributed by atoms with Crippen molar-refractivity contribution in [2.75, 3.05) is 5.75 Å². The van der Waals surface area contributed by atoms with Gasteiger partial charge in [-0.3, -0.25) is 9.59 Å². The van der Waals surface area contributed by atoms with E-state index >= 15 is 0 Å². The number of rotatable bonds is 6. The molecule has 1 aromatic carbocycles. The molecule has 0 aliphatic carbocycles. The number of sulfone groups is 1. The van der Waals surface area contributed by atoms with E-state index in [9.17, 15) is 18.0 Å². The van der Waals surface area contributed by atoms with E-state index in [1.165, 1.54) is 6.92 Å². The van der Waals surface area contributed by atoms with E-state index in [1.807, 2.05) is 20.8 Å². The topological polar surface area (TPSA) is 92.3 Å². The average molecular weight is 419 g/mol. The van der Waals surface area contributed by atoms with Crippen LogP contribution in [0.4, 0.5) is 0 Å². The van der Waals surface area contributed by atoms with E-state index in [1.54, 1.807) is 24.3 Å². The quantitative estimate of drug-likeness (QED) is 0.736. The fourth-order valence-corrected chi connectivity index (χ4v) is 3.68. The minimum absolute atomic E-state index is 0.234. The van der Waals surface area contributed by atoms with Crippen LogP contribution in [0.2, 0.25) is 0 Å². The maximum absolute atomic E-state index is 12.1. The van der Waals surface area contributed by atoms with Gasteiger partial charge in [0.1, 0.15) is 11.8 Å². The Hall–Kier alpha value is -1.41. The van der Waals surface area contributed by atoms with E-state index in [0.29, 0.717) is 5.56 Å². The number of nitrogens with one attached hydrogen (secondary N) is 2. The van der Waals surface area contributed by atoms with Crippen molar-refractivity contribution in [2.45, 2.75) is 45.0 Å². The summed E-state index contributed by atoms with van der Waals surface area (Å²) in [6, 6.07) is 6.08. The lowest BCUT2D eigenvalue weighted by molar-refractivity contribution is -0.128. The van der Waals surface area contributed by atoms with Crippen molar-refractivity contribution < 1.29 is 18.0 Å². The van der Waals surface area contributed by atoms with Crippen LogP contribution < -0.4 is 10.6 Å². The third kappa shape index (κ3) is 7.92. The zero-order chi connectivity index (χ0) is 18.5. The van der Waals surface area contributed by atoms with E-state index in [-0.39, 0.29) is 11.7 Å². The van der Waals surface area contributed by atoms with Crippen LogP contribution in [0.1, 0.15) is 33.3 Å². The summed E-state index contributed by atoms with van der Waals surface area (Å²) in [5.74, 6) is -1.95. The zero-order valence-corrected chi connectivity index (χ0v) is 16.6.